The number of hydrogen-bond donors (Lipinski definition) is 2. The first-order valence-corrected chi connectivity index (χ1v) is 8.97. The molecule has 0 unspecified atom stereocenters. The third-order valence-corrected chi connectivity index (χ3v) is 4.54. The zero-order chi connectivity index (χ0) is 15.6. The number of carbonyl (C=O) groups excluding carboxylic acids is 1. The van der Waals surface area contributed by atoms with Gasteiger partial charge in [-0.15, -0.1) is 0 Å². The number of hydrogen-bond acceptors (Lipinski definition) is 4. The van der Waals surface area contributed by atoms with Gasteiger partial charge in [-0.25, -0.2) is 4.98 Å². The highest BCUT2D eigenvalue weighted by Crippen LogP contribution is 2.24. The third-order valence-electron chi connectivity index (χ3n) is 3.55. The van der Waals surface area contributed by atoms with E-state index in [1.807, 2.05) is 24.3 Å². The Bertz CT molecular complexity index is 549. The summed E-state index contributed by atoms with van der Waals surface area (Å²) in [6.45, 7) is 3.28. The van der Waals surface area contributed by atoms with Crippen LogP contribution in [0.25, 0.3) is 10.2 Å². The number of fused-ring (bicyclic) bond motifs is 1. The summed E-state index contributed by atoms with van der Waals surface area (Å²) < 4.78 is 1.14. The number of anilines is 1. The predicted molar refractivity (Wildman–Crippen MR) is 94.5 cm³/mol. The molecule has 0 radical (unpaired) electrons. The summed E-state index contributed by atoms with van der Waals surface area (Å²) in [5.74, 6) is 0.0350. The van der Waals surface area contributed by atoms with Crippen LogP contribution in [0.4, 0.5) is 5.13 Å². The van der Waals surface area contributed by atoms with E-state index in [9.17, 15) is 4.79 Å². The Morgan fingerprint density at radius 3 is 2.73 bits per heavy atom. The second-order valence-corrected chi connectivity index (χ2v) is 6.49. The molecule has 4 nitrogen and oxygen atoms in total. The molecule has 0 saturated carbocycles. The van der Waals surface area contributed by atoms with Gasteiger partial charge < -0.3 is 10.6 Å². The molecule has 0 spiro atoms. The van der Waals surface area contributed by atoms with Crippen LogP contribution in [0.2, 0.25) is 0 Å². The zero-order valence-corrected chi connectivity index (χ0v) is 14.0. The largest absolute Gasteiger partial charge is 0.355 e. The van der Waals surface area contributed by atoms with Crippen molar-refractivity contribution in [2.24, 2.45) is 0 Å². The van der Waals surface area contributed by atoms with Crippen molar-refractivity contribution in [1.82, 2.24) is 10.3 Å². The fourth-order valence-corrected chi connectivity index (χ4v) is 3.16. The molecular weight excluding hydrogens is 294 g/mol. The number of benzene rings is 1. The first kappa shape index (κ1) is 16.7. The molecule has 0 bridgehead atoms. The lowest BCUT2D eigenvalue weighted by molar-refractivity contribution is -0.119. The molecule has 5 heteroatoms. The number of nitrogens with zero attached hydrogens (tertiary/aromatic N) is 1. The van der Waals surface area contributed by atoms with Crippen LogP contribution in [0.5, 0.6) is 0 Å². The molecule has 0 aliphatic rings. The molecule has 2 rings (SSSR count). The quantitative estimate of drug-likeness (QED) is 0.646. The van der Waals surface area contributed by atoms with Crippen molar-refractivity contribution in [3.8, 4) is 0 Å². The van der Waals surface area contributed by atoms with E-state index in [1.165, 1.54) is 32.1 Å². The molecule has 22 heavy (non-hydrogen) atoms. The maximum Gasteiger partial charge on any atom is 0.239 e. The standard InChI is InChI=1S/C17H25N3OS/c1-2-3-4-5-6-9-12-18-16(21)13-19-17-20-14-10-7-8-11-15(14)22-17/h7-8,10-11H,2-6,9,12-13H2,1H3,(H,18,21)(H,19,20). The molecule has 120 valence electrons. The topological polar surface area (TPSA) is 54.0 Å². The van der Waals surface area contributed by atoms with Gasteiger partial charge in [0.15, 0.2) is 5.13 Å². The van der Waals surface area contributed by atoms with E-state index < -0.39 is 0 Å². The molecule has 1 amide bonds. The van der Waals surface area contributed by atoms with E-state index in [2.05, 4.69) is 22.5 Å². The van der Waals surface area contributed by atoms with Gasteiger partial charge in [0, 0.05) is 6.54 Å². The van der Waals surface area contributed by atoms with Crippen molar-refractivity contribution in [3.05, 3.63) is 24.3 Å². The average molecular weight is 319 g/mol. The van der Waals surface area contributed by atoms with Crippen molar-refractivity contribution in [3.63, 3.8) is 0 Å². The van der Waals surface area contributed by atoms with Crippen LogP contribution in [0, 0.1) is 0 Å². The van der Waals surface area contributed by atoms with Crippen LogP contribution in [0.3, 0.4) is 0 Å². The van der Waals surface area contributed by atoms with Crippen molar-refractivity contribution in [2.45, 2.75) is 45.4 Å². The van der Waals surface area contributed by atoms with Crippen LogP contribution in [0.1, 0.15) is 45.4 Å². The SMILES string of the molecule is CCCCCCCCNC(=O)CNc1nc2ccccc2s1. The first-order chi connectivity index (χ1) is 10.8. The van der Waals surface area contributed by atoms with E-state index in [-0.39, 0.29) is 12.5 Å². The van der Waals surface area contributed by atoms with Gasteiger partial charge in [0.25, 0.3) is 0 Å². The minimum absolute atomic E-state index is 0.0350. The lowest BCUT2D eigenvalue weighted by atomic mass is 10.1. The van der Waals surface area contributed by atoms with Gasteiger partial charge in [0.1, 0.15) is 0 Å². The van der Waals surface area contributed by atoms with Crippen LogP contribution >= 0.6 is 11.3 Å². The molecule has 0 aliphatic heterocycles. The molecule has 0 atom stereocenters. The number of thiazole rings is 1. The van der Waals surface area contributed by atoms with Crippen molar-refractivity contribution in [2.75, 3.05) is 18.4 Å². The van der Waals surface area contributed by atoms with Crippen molar-refractivity contribution >= 4 is 32.6 Å². The number of amides is 1. The van der Waals surface area contributed by atoms with E-state index in [1.54, 1.807) is 11.3 Å². The Morgan fingerprint density at radius 2 is 1.91 bits per heavy atom. The number of unbranched alkanes of at least 4 members (excludes halogenated alkanes) is 5. The highest BCUT2D eigenvalue weighted by molar-refractivity contribution is 7.22. The molecule has 1 aromatic carbocycles. The van der Waals surface area contributed by atoms with Gasteiger partial charge in [-0.05, 0) is 18.6 Å². The Labute approximate surface area is 136 Å². The minimum Gasteiger partial charge on any atom is -0.355 e. The smallest absolute Gasteiger partial charge is 0.239 e. The molecule has 0 fully saturated rings. The summed E-state index contributed by atoms with van der Waals surface area (Å²) in [5, 5.41) is 6.85. The molecule has 2 N–H and O–H groups in total. The van der Waals surface area contributed by atoms with Gasteiger partial charge in [-0.2, -0.15) is 0 Å². The molecule has 1 heterocycles. The fraction of sp³-hybridized carbons (Fsp3) is 0.529. The summed E-state index contributed by atoms with van der Waals surface area (Å²) in [6.07, 6.45) is 7.44. The summed E-state index contributed by atoms with van der Waals surface area (Å²) in [6, 6.07) is 7.99. The van der Waals surface area contributed by atoms with E-state index in [0.717, 1.165) is 28.3 Å². The Morgan fingerprint density at radius 1 is 1.14 bits per heavy atom. The molecule has 0 aliphatic carbocycles. The normalized spacial score (nSPS) is 10.8. The summed E-state index contributed by atoms with van der Waals surface area (Å²) in [4.78, 5) is 16.2. The Hall–Kier alpha value is -1.62. The second-order valence-electron chi connectivity index (χ2n) is 5.46. The van der Waals surface area contributed by atoms with Gasteiger partial charge in [-0.1, -0.05) is 62.5 Å². The average Bonchev–Trinajstić information content (AvgIpc) is 2.95. The van der Waals surface area contributed by atoms with Gasteiger partial charge >= 0.3 is 0 Å². The van der Waals surface area contributed by atoms with E-state index in [4.69, 9.17) is 0 Å². The fourth-order valence-electron chi connectivity index (χ4n) is 2.30. The Kier molecular flexibility index (Phi) is 7.16. The van der Waals surface area contributed by atoms with E-state index >= 15 is 0 Å². The van der Waals surface area contributed by atoms with Gasteiger partial charge in [0.2, 0.25) is 5.91 Å². The monoisotopic (exact) mass is 319 g/mol. The molecule has 0 saturated heterocycles. The minimum atomic E-state index is 0.0350. The lowest BCUT2D eigenvalue weighted by Crippen LogP contribution is -2.30. The first-order valence-electron chi connectivity index (χ1n) is 8.15. The van der Waals surface area contributed by atoms with Crippen LogP contribution < -0.4 is 10.6 Å². The summed E-state index contributed by atoms with van der Waals surface area (Å²) >= 11 is 1.58. The lowest BCUT2D eigenvalue weighted by Gasteiger charge is -2.05. The third kappa shape index (κ3) is 5.64. The van der Waals surface area contributed by atoms with Gasteiger partial charge in [0.05, 0.1) is 16.8 Å². The number of aromatic nitrogens is 1. The number of carbonyl (C=O) groups is 1. The highest BCUT2D eigenvalue weighted by Gasteiger charge is 2.05. The zero-order valence-electron chi connectivity index (χ0n) is 13.2. The van der Waals surface area contributed by atoms with Crippen molar-refractivity contribution in [1.29, 1.82) is 0 Å². The number of nitrogens with one attached hydrogen (secondary N) is 2. The van der Waals surface area contributed by atoms with Crippen LogP contribution in [-0.4, -0.2) is 24.0 Å². The predicted octanol–water partition coefficient (Wildman–Crippen LogP) is 4.18. The van der Waals surface area contributed by atoms with Crippen molar-refractivity contribution < 1.29 is 4.79 Å². The van der Waals surface area contributed by atoms with Crippen LogP contribution in [-0.2, 0) is 4.79 Å². The molecule has 2 aromatic rings. The van der Waals surface area contributed by atoms with Gasteiger partial charge in [-0.3, -0.25) is 4.79 Å². The Balaban J connectivity index is 1.59. The highest BCUT2D eigenvalue weighted by atomic mass is 32.1. The van der Waals surface area contributed by atoms with Crippen LogP contribution in [0.15, 0.2) is 24.3 Å². The maximum absolute atomic E-state index is 11.8. The summed E-state index contributed by atoms with van der Waals surface area (Å²) in [5.41, 5.74) is 0.975. The number of para-hydroxylation sites is 1. The second kappa shape index (κ2) is 9.41. The molecule has 1 aromatic heterocycles. The molecular formula is C17H25N3OS. The number of rotatable bonds is 10. The summed E-state index contributed by atoms with van der Waals surface area (Å²) in [7, 11) is 0. The van der Waals surface area contributed by atoms with E-state index in [0.29, 0.717) is 0 Å². The maximum atomic E-state index is 11.8.